The summed E-state index contributed by atoms with van der Waals surface area (Å²) in [5, 5.41) is 0. The summed E-state index contributed by atoms with van der Waals surface area (Å²) in [4.78, 5) is 12.5. The Labute approximate surface area is 159 Å². The molecule has 0 saturated heterocycles. The quantitative estimate of drug-likeness (QED) is 0.437. The highest BCUT2D eigenvalue weighted by Crippen LogP contribution is 2.28. The summed E-state index contributed by atoms with van der Waals surface area (Å²) in [6.07, 6.45) is 1.87. The smallest absolute Gasteiger partial charge is 0.255 e. The van der Waals surface area contributed by atoms with E-state index in [1.807, 2.05) is 18.3 Å². The van der Waals surface area contributed by atoms with Crippen LogP contribution in [0.1, 0.15) is 26.3 Å². The molecule has 2 nitrogen and oxygen atoms in total. The highest BCUT2D eigenvalue weighted by molar-refractivity contribution is 5.75. The molecule has 0 aliphatic rings. The van der Waals surface area contributed by atoms with Gasteiger partial charge in [-0.3, -0.25) is 9.20 Å². The summed E-state index contributed by atoms with van der Waals surface area (Å²) in [7, 11) is 0. The molecule has 4 aromatic rings. The van der Waals surface area contributed by atoms with E-state index >= 15 is 0 Å². The van der Waals surface area contributed by atoms with Gasteiger partial charge in [-0.1, -0.05) is 69.3 Å². The number of rotatable bonds is 2. The van der Waals surface area contributed by atoms with Crippen LogP contribution in [0.2, 0.25) is 0 Å². The molecular formula is C25H23NO. The second kappa shape index (κ2) is 6.55. The molecule has 134 valence electrons. The summed E-state index contributed by atoms with van der Waals surface area (Å²) in [6.45, 7) is 6.39. The zero-order valence-corrected chi connectivity index (χ0v) is 15.9. The zero-order chi connectivity index (χ0) is 19.0. The van der Waals surface area contributed by atoms with Gasteiger partial charge < -0.3 is 0 Å². The maximum Gasteiger partial charge on any atom is 0.255 e. The average molecular weight is 353 g/mol. The molecule has 4 rings (SSSR count). The van der Waals surface area contributed by atoms with Gasteiger partial charge in [0.25, 0.3) is 5.56 Å². The fourth-order valence-corrected chi connectivity index (χ4v) is 3.35. The third kappa shape index (κ3) is 3.43. The topological polar surface area (TPSA) is 21.5 Å². The second-order valence-electron chi connectivity index (χ2n) is 7.99. The van der Waals surface area contributed by atoms with Gasteiger partial charge >= 0.3 is 0 Å². The zero-order valence-electron chi connectivity index (χ0n) is 15.9. The number of hydrogen-bond donors (Lipinski definition) is 0. The van der Waals surface area contributed by atoms with Gasteiger partial charge in [0.05, 0.1) is 0 Å². The fourth-order valence-electron chi connectivity index (χ4n) is 3.35. The maximum absolute atomic E-state index is 12.5. The van der Waals surface area contributed by atoms with Crippen LogP contribution < -0.4 is 5.56 Å². The van der Waals surface area contributed by atoms with Gasteiger partial charge in [0.1, 0.15) is 0 Å². The molecule has 2 aromatic carbocycles. The van der Waals surface area contributed by atoms with Crippen molar-refractivity contribution in [3.8, 4) is 22.3 Å². The Hall–Kier alpha value is -3.13. The normalized spacial score (nSPS) is 11.7. The average Bonchev–Trinajstić information content (AvgIpc) is 2.67. The van der Waals surface area contributed by atoms with Gasteiger partial charge in [0, 0.05) is 17.8 Å². The van der Waals surface area contributed by atoms with Gasteiger partial charge in [0.15, 0.2) is 0 Å². The highest BCUT2D eigenvalue weighted by Gasteiger charge is 2.15. The molecular weight excluding hydrogens is 330 g/mol. The first-order chi connectivity index (χ1) is 12.9. The largest absolute Gasteiger partial charge is 0.284 e. The van der Waals surface area contributed by atoms with Crippen molar-refractivity contribution in [1.82, 2.24) is 4.40 Å². The summed E-state index contributed by atoms with van der Waals surface area (Å²) in [5.41, 5.74) is 6.59. The number of fused-ring (bicyclic) bond motifs is 1. The third-order valence-electron chi connectivity index (χ3n) is 4.97. The van der Waals surface area contributed by atoms with E-state index in [9.17, 15) is 4.79 Å². The molecule has 0 radical (unpaired) electrons. The lowest BCUT2D eigenvalue weighted by atomic mass is 9.87. The predicted octanol–water partition coefficient (Wildman–Crippen LogP) is 5.93. The van der Waals surface area contributed by atoms with E-state index in [4.69, 9.17) is 0 Å². The Balaban J connectivity index is 1.84. The molecule has 0 spiro atoms. The Morgan fingerprint density at radius 3 is 2.00 bits per heavy atom. The molecule has 0 amide bonds. The van der Waals surface area contributed by atoms with Crippen LogP contribution >= 0.6 is 0 Å². The van der Waals surface area contributed by atoms with Crippen molar-refractivity contribution in [3.05, 3.63) is 101 Å². The summed E-state index contributed by atoms with van der Waals surface area (Å²) in [5.74, 6) is 0. The first kappa shape index (κ1) is 17.3. The Kier molecular flexibility index (Phi) is 4.19. The molecule has 2 heterocycles. The molecule has 0 aliphatic heterocycles. The molecule has 2 aromatic heterocycles. The lowest BCUT2D eigenvalue weighted by Gasteiger charge is -2.19. The van der Waals surface area contributed by atoms with Crippen LogP contribution in [0.3, 0.4) is 0 Å². The molecule has 0 saturated carbocycles. The van der Waals surface area contributed by atoms with E-state index in [1.165, 1.54) is 11.1 Å². The Morgan fingerprint density at radius 2 is 1.30 bits per heavy atom. The number of pyridine rings is 2. The summed E-state index contributed by atoms with van der Waals surface area (Å²) < 4.78 is 1.71. The SMILES string of the molecule is CC(C)(C)c1cc(=O)n2ccc(-c3cccc(-c4ccccc4)c3)cc2c1. The van der Waals surface area contributed by atoms with Crippen LogP contribution in [0.25, 0.3) is 27.8 Å². The van der Waals surface area contributed by atoms with Crippen LogP contribution in [0.15, 0.2) is 89.9 Å². The maximum atomic E-state index is 12.5. The third-order valence-corrected chi connectivity index (χ3v) is 4.97. The molecule has 0 unspecified atom stereocenters. The van der Waals surface area contributed by atoms with E-state index in [2.05, 4.69) is 81.4 Å². The lowest BCUT2D eigenvalue weighted by Crippen LogP contribution is -2.19. The van der Waals surface area contributed by atoms with Crippen LogP contribution in [0, 0.1) is 0 Å². The van der Waals surface area contributed by atoms with Crippen LogP contribution in [0.5, 0.6) is 0 Å². The minimum Gasteiger partial charge on any atom is -0.284 e. The fraction of sp³-hybridized carbons (Fsp3) is 0.160. The van der Waals surface area contributed by atoms with E-state index in [-0.39, 0.29) is 11.0 Å². The number of nitrogens with zero attached hydrogens (tertiary/aromatic N) is 1. The van der Waals surface area contributed by atoms with Gasteiger partial charge in [-0.2, -0.15) is 0 Å². The van der Waals surface area contributed by atoms with Crippen molar-refractivity contribution >= 4 is 5.52 Å². The van der Waals surface area contributed by atoms with Crippen molar-refractivity contribution in [2.75, 3.05) is 0 Å². The summed E-state index contributed by atoms with van der Waals surface area (Å²) in [6, 6.07) is 26.9. The number of aromatic nitrogens is 1. The predicted molar refractivity (Wildman–Crippen MR) is 113 cm³/mol. The summed E-state index contributed by atoms with van der Waals surface area (Å²) >= 11 is 0. The second-order valence-corrected chi connectivity index (χ2v) is 7.99. The van der Waals surface area contributed by atoms with Crippen LogP contribution in [-0.4, -0.2) is 4.40 Å². The molecule has 2 heteroatoms. The number of hydrogen-bond acceptors (Lipinski definition) is 1. The Morgan fingerprint density at radius 1 is 0.667 bits per heavy atom. The van der Waals surface area contributed by atoms with Crippen molar-refractivity contribution in [1.29, 1.82) is 0 Å². The van der Waals surface area contributed by atoms with Gasteiger partial charge in [-0.25, -0.2) is 0 Å². The molecule has 0 fully saturated rings. The molecule has 0 N–H and O–H groups in total. The monoisotopic (exact) mass is 353 g/mol. The first-order valence-corrected chi connectivity index (χ1v) is 9.25. The van der Waals surface area contributed by atoms with Gasteiger partial charge in [-0.05, 0) is 57.5 Å². The lowest BCUT2D eigenvalue weighted by molar-refractivity contribution is 0.589. The van der Waals surface area contributed by atoms with Crippen molar-refractivity contribution in [2.24, 2.45) is 0 Å². The van der Waals surface area contributed by atoms with Crippen molar-refractivity contribution in [2.45, 2.75) is 26.2 Å². The van der Waals surface area contributed by atoms with E-state index in [0.717, 1.165) is 22.2 Å². The van der Waals surface area contributed by atoms with Crippen LogP contribution in [0.4, 0.5) is 0 Å². The molecule has 0 atom stereocenters. The van der Waals surface area contributed by atoms with Crippen molar-refractivity contribution in [3.63, 3.8) is 0 Å². The Bertz CT molecular complexity index is 1160. The van der Waals surface area contributed by atoms with E-state index in [0.29, 0.717) is 0 Å². The minimum atomic E-state index is -0.0584. The molecule has 27 heavy (non-hydrogen) atoms. The highest BCUT2D eigenvalue weighted by atomic mass is 16.1. The van der Waals surface area contributed by atoms with Gasteiger partial charge in [-0.15, -0.1) is 0 Å². The standard InChI is InChI=1S/C25H23NO/c1-25(2,3)22-16-23-15-21(12-13-26(23)24(27)17-22)20-11-7-10-19(14-20)18-8-5-4-6-9-18/h4-17H,1-3H3. The van der Waals surface area contributed by atoms with E-state index < -0.39 is 0 Å². The van der Waals surface area contributed by atoms with E-state index in [1.54, 1.807) is 10.5 Å². The molecule has 0 bridgehead atoms. The molecule has 0 aliphatic carbocycles. The van der Waals surface area contributed by atoms with Gasteiger partial charge in [0.2, 0.25) is 0 Å². The minimum absolute atomic E-state index is 0.0158. The number of benzene rings is 2. The first-order valence-electron chi connectivity index (χ1n) is 9.25. The van der Waals surface area contributed by atoms with Crippen LogP contribution in [-0.2, 0) is 5.41 Å². The van der Waals surface area contributed by atoms with Crippen molar-refractivity contribution < 1.29 is 0 Å².